The molecule has 0 spiro atoms. The summed E-state index contributed by atoms with van der Waals surface area (Å²) in [6.45, 7) is 0. The van der Waals surface area contributed by atoms with E-state index in [-0.39, 0.29) is 0 Å². The Morgan fingerprint density at radius 3 is 2.49 bits per heavy atom. The van der Waals surface area contributed by atoms with E-state index < -0.39 is 0 Å². The zero-order chi connectivity index (χ0) is 28.3. The first-order chi connectivity index (χ1) is 21.3. The maximum Gasteiger partial charge on any atom is 0.0557 e. The lowest BCUT2D eigenvalue weighted by Gasteiger charge is -2.40. The van der Waals surface area contributed by atoms with Gasteiger partial charge in [-0.2, -0.15) is 0 Å². The van der Waals surface area contributed by atoms with Crippen molar-refractivity contribution in [2.24, 2.45) is 17.8 Å². The third-order valence-electron chi connectivity index (χ3n) is 11.2. The summed E-state index contributed by atoms with van der Waals surface area (Å²) in [5.74, 6) is 2.25. The van der Waals surface area contributed by atoms with Crippen LogP contribution in [-0.4, -0.2) is 12.1 Å². The van der Waals surface area contributed by atoms with E-state index in [1.165, 1.54) is 66.5 Å². The van der Waals surface area contributed by atoms with Crippen molar-refractivity contribution < 1.29 is 0 Å². The molecule has 0 bridgehead atoms. The van der Waals surface area contributed by atoms with Crippen molar-refractivity contribution >= 4 is 16.8 Å². The van der Waals surface area contributed by atoms with Gasteiger partial charge in [-0.3, -0.25) is 0 Å². The van der Waals surface area contributed by atoms with Crippen LogP contribution in [0.4, 0.5) is 5.69 Å². The number of rotatable bonds is 3. The van der Waals surface area contributed by atoms with Crippen molar-refractivity contribution in [1.82, 2.24) is 0 Å². The molecule has 3 aromatic rings. The molecule has 0 saturated carbocycles. The molecule has 1 aliphatic heterocycles. The molecule has 9 rings (SSSR count). The molecule has 6 atom stereocenters. The lowest BCUT2D eigenvalue weighted by Crippen LogP contribution is -2.37. The van der Waals surface area contributed by atoms with Gasteiger partial charge in [-0.05, 0) is 102 Å². The average molecular weight is 558 g/mol. The highest BCUT2D eigenvalue weighted by molar-refractivity contribution is 5.83. The van der Waals surface area contributed by atoms with E-state index in [0.717, 1.165) is 5.92 Å². The summed E-state index contributed by atoms with van der Waals surface area (Å²) >= 11 is 0. The van der Waals surface area contributed by atoms with Crippen molar-refractivity contribution in [2.75, 3.05) is 4.90 Å². The standard InChI is InChI=1S/C42H39N/c1-2-11-28(12-3-1)29-13-10-14-32(25-29)43-41-20-9-8-19-38(41)39-24-22-31(27-42(39)43)30-21-23-37-35-17-5-4-15-33(35)34-16-6-7-18-36(34)40(37)26-30/h1-3,5,8-14,17,19-27,33,35,38-39,41-42H,4,6-7,15-16,18H2. The fourth-order valence-corrected chi connectivity index (χ4v) is 9.24. The number of benzene rings is 3. The second kappa shape index (κ2) is 10.3. The summed E-state index contributed by atoms with van der Waals surface area (Å²) in [5.41, 5.74) is 13.2. The monoisotopic (exact) mass is 557 g/mol. The number of hydrogen-bond acceptors (Lipinski definition) is 1. The maximum absolute atomic E-state index is 2.70. The minimum Gasteiger partial charge on any atom is -0.357 e. The fraction of sp³-hybridized carbons (Fsp3) is 0.286. The Hall–Kier alpha value is -4.10. The zero-order valence-corrected chi connectivity index (χ0v) is 24.8. The zero-order valence-electron chi connectivity index (χ0n) is 24.8. The van der Waals surface area contributed by atoms with Gasteiger partial charge in [0.25, 0.3) is 0 Å². The minimum atomic E-state index is 0.319. The molecule has 212 valence electrons. The first kappa shape index (κ1) is 25.4. The Bertz CT molecular complexity index is 1760. The smallest absolute Gasteiger partial charge is 0.0557 e. The molecule has 1 heteroatoms. The molecule has 1 heterocycles. The SMILES string of the molecule is C1=CC2C3C=CC(c4ccc5c(c4)C4=C(CCCC4)C4CCC=CC54)=CC3N(c3cccc(-c4ccccc4)c3)C2C=C1. The van der Waals surface area contributed by atoms with E-state index in [9.17, 15) is 0 Å². The van der Waals surface area contributed by atoms with Crippen molar-refractivity contribution in [3.8, 4) is 11.1 Å². The van der Waals surface area contributed by atoms with E-state index in [2.05, 4.69) is 132 Å². The van der Waals surface area contributed by atoms with E-state index >= 15 is 0 Å². The number of nitrogens with zero attached hydrogens (tertiary/aromatic N) is 1. The third kappa shape index (κ3) is 4.12. The van der Waals surface area contributed by atoms with Gasteiger partial charge in [-0.1, -0.05) is 115 Å². The summed E-state index contributed by atoms with van der Waals surface area (Å²) in [7, 11) is 0. The second-order valence-corrected chi connectivity index (χ2v) is 13.4. The normalized spacial score (nSPS) is 29.9. The molecule has 1 nitrogen and oxygen atoms in total. The summed E-state index contributed by atoms with van der Waals surface area (Å²) < 4.78 is 0. The van der Waals surface area contributed by atoms with E-state index in [1.54, 1.807) is 22.3 Å². The average Bonchev–Trinajstić information content (AvgIpc) is 3.42. The molecule has 6 unspecified atom stereocenters. The summed E-state index contributed by atoms with van der Waals surface area (Å²) in [5, 5.41) is 0. The van der Waals surface area contributed by atoms with Gasteiger partial charge in [0.15, 0.2) is 0 Å². The van der Waals surface area contributed by atoms with E-state index in [0.29, 0.717) is 29.8 Å². The largest absolute Gasteiger partial charge is 0.357 e. The van der Waals surface area contributed by atoms with Crippen LogP contribution in [0.25, 0.3) is 22.3 Å². The van der Waals surface area contributed by atoms with Crippen LogP contribution in [0, 0.1) is 17.8 Å². The molecule has 3 aromatic carbocycles. The molecule has 1 saturated heterocycles. The summed E-state index contributed by atoms with van der Waals surface area (Å²) in [6.07, 6.45) is 29.7. The highest BCUT2D eigenvalue weighted by Crippen LogP contribution is 2.53. The Morgan fingerprint density at radius 1 is 0.674 bits per heavy atom. The quantitative estimate of drug-likeness (QED) is 0.290. The van der Waals surface area contributed by atoms with Crippen LogP contribution in [0.2, 0.25) is 0 Å². The number of anilines is 1. The topological polar surface area (TPSA) is 3.24 Å². The maximum atomic E-state index is 2.70. The molecular formula is C42H39N. The number of fused-ring (bicyclic) bond motifs is 8. The number of hydrogen-bond donors (Lipinski definition) is 0. The predicted octanol–water partition coefficient (Wildman–Crippen LogP) is 10.3. The molecule has 5 aliphatic carbocycles. The minimum absolute atomic E-state index is 0.319. The molecule has 0 radical (unpaired) electrons. The number of allylic oxidation sites excluding steroid dienone is 8. The lowest BCUT2D eigenvalue weighted by molar-refractivity contribution is 0.457. The molecule has 43 heavy (non-hydrogen) atoms. The Balaban J connectivity index is 1.12. The summed E-state index contributed by atoms with van der Waals surface area (Å²) in [6, 6.07) is 28.1. The van der Waals surface area contributed by atoms with Gasteiger partial charge in [-0.25, -0.2) is 0 Å². The molecule has 0 aromatic heterocycles. The van der Waals surface area contributed by atoms with Gasteiger partial charge in [0.1, 0.15) is 0 Å². The molecule has 0 amide bonds. The predicted molar refractivity (Wildman–Crippen MR) is 181 cm³/mol. The van der Waals surface area contributed by atoms with Crippen LogP contribution < -0.4 is 4.90 Å². The Morgan fingerprint density at radius 2 is 1.53 bits per heavy atom. The van der Waals surface area contributed by atoms with Gasteiger partial charge in [0.2, 0.25) is 0 Å². The van der Waals surface area contributed by atoms with Gasteiger partial charge in [0, 0.05) is 23.4 Å². The van der Waals surface area contributed by atoms with Crippen LogP contribution in [-0.2, 0) is 0 Å². The van der Waals surface area contributed by atoms with Crippen LogP contribution >= 0.6 is 0 Å². The van der Waals surface area contributed by atoms with Gasteiger partial charge < -0.3 is 4.90 Å². The van der Waals surface area contributed by atoms with E-state index in [4.69, 9.17) is 0 Å². The van der Waals surface area contributed by atoms with Gasteiger partial charge >= 0.3 is 0 Å². The highest BCUT2D eigenvalue weighted by Gasteiger charge is 2.46. The van der Waals surface area contributed by atoms with Crippen molar-refractivity contribution in [3.05, 3.63) is 150 Å². The van der Waals surface area contributed by atoms with Crippen LogP contribution in [0.1, 0.15) is 61.1 Å². The fourth-order valence-electron chi connectivity index (χ4n) is 9.24. The van der Waals surface area contributed by atoms with Gasteiger partial charge in [-0.15, -0.1) is 0 Å². The van der Waals surface area contributed by atoms with Gasteiger partial charge in [0.05, 0.1) is 12.1 Å². The highest BCUT2D eigenvalue weighted by atomic mass is 15.2. The van der Waals surface area contributed by atoms with Crippen molar-refractivity contribution in [2.45, 2.75) is 56.5 Å². The Kier molecular flexibility index (Phi) is 6.06. The molecule has 0 N–H and O–H groups in total. The van der Waals surface area contributed by atoms with E-state index in [1.807, 2.05) is 0 Å². The van der Waals surface area contributed by atoms with Crippen molar-refractivity contribution in [3.63, 3.8) is 0 Å². The lowest BCUT2D eigenvalue weighted by atomic mass is 9.64. The third-order valence-corrected chi connectivity index (χ3v) is 11.2. The Labute approximate surface area is 256 Å². The first-order valence-electron chi connectivity index (χ1n) is 16.6. The van der Waals surface area contributed by atoms with Crippen LogP contribution in [0.5, 0.6) is 0 Å². The second-order valence-electron chi connectivity index (χ2n) is 13.4. The summed E-state index contributed by atoms with van der Waals surface area (Å²) in [4.78, 5) is 2.70. The molecule has 6 aliphatic rings. The van der Waals surface area contributed by atoms with Crippen molar-refractivity contribution in [1.29, 1.82) is 0 Å². The molecule has 1 fully saturated rings. The molecular weight excluding hydrogens is 518 g/mol. The van der Waals surface area contributed by atoms with Crippen LogP contribution in [0.15, 0.2) is 133 Å². The first-order valence-corrected chi connectivity index (χ1v) is 16.6. The van der Waals surface area contributed by atoms with Crippen LogP contribution in [0.3, 0.4) is 0 Å².